The molecule has 1 aromatic heterocycles. The van der Waals surface area contributed by atoms with Crippen molar-refractivity contribution in [3.05, 3.63) is 12.4 Å². The number of aromatic nitrogens is 2. The Morgan fingerprint density at radius 3 is 3.18 bits per heavy atom. The summed E-state index contributed by atoms with van der Waals surface area (Å²) in [6.45, 7) is 5.46. The minimum absolute atomic E-state index is 0.314. The van der Waals surface area contributed by atoms with Crippen LogP contribution in [0, 0.1) is 0 Å². The Hall–Kier alpha value is -1.36. The number of rotatable bonds is 4. The highest BCUT2D eigenvalue weighted by Crippen LogP contribution is 2.18. The fourth-order valence-corrected chi connectivity index (χ4v) is 1.98. The molecule has 0 aromatic carbocycles. The van der Waals surface area contributed by atoms with Gasteiger partial charge in [0.1, 0.15) is 12.1 Å². The minimum atomic E-state index is 0.314. The molecule has 1 aliphatic rings. The number of nitrogens with one attached hydrogen (secondary N) is 1. The third-order valence-electron chi connectivity index (χ3n) is 2.77. The van der Waals surface area contributed by atoms with Crippen molar-refractivity contribution in [1.82, 2.24) is 9.97 Å². The van der Waals surface area contributed by atoms with Gasteiger partial charge in [0.25, 0.3) is 0 Å². The van der Waals surface area contributed by atoms with E-state index in [1.807, 2.05) is 13.0 Å². The summed E-state index contributed by atoms with van der Waals surface area (Å²) in [5.74, 6) is 1.44. The highest BCUT2D eigenvalue weighted by atomic mass is 16.5. The average molecular weight is 237 g/mol. The molecule has 94 valence electrons. The zero-order valence-electron chi connectivity index (χ0n) is 10.3. The first-order chi connectivity index (χ1) is 8.28. The molecule has 0 radical (unpaired) electrons. The van der Waals surface area contributed by atoms with E-state index < -0.39 is 0 Å². The molecule has 1 N–H and O–H groups in total. The smallest absolute Gasteiger partial charge is 0.218 e. The maximum atomic E-state index is 5.51. The van der Waals surface area contributed by atoms with Crippen LogP contribution >= 0.6 is 0 Å². The summed E-state index contributed by atoms with van der Waals surface area (Å²) < 4.78 is 10.9. The van der Waals surface area contributed by atoms with Crippen LogP contribution in [0.5, 0.6) is 5.88 Å². The molecule has 5 heteroatoms. The standard InChI is InChI=1S/C12H19N3O2/c1-3-16-12-7-11(13-8-14-12)15-10-4-5-17-9(2)6-10/h7-10H,3-6H2,1-2H3,(H,13,14,15). The van der Waals surface area contributed by atoms with Gasteiger partial charge in [-0.25, -0.2) is 9.97 Å². The molecule has 0 saturated carbocycles. The first-order valence-electron chi connectivity index (χ1n) is 6.11. The molecule has 1 saturated heterocycles. The fourth-order valence-electron chi connectivity index (χ4n) is 1.98. The zero-order valence-corrected chi connectivity index (χ0v) is 10.3. The second kappa shape index (κ2) is 5.82. The SMILES string of the molecule is CCOc1cc(NC2CCOC(C)C2)ncn1. The van der Waals surface area contributed by atoms with Gasteiger partial charge in [-0.3, -0.25) is 0 Å². The van der Waals surface area contributed by atoms with E-state index in [1.165, 1.54) is 6.33 Å². The lowest BCUT2D eigenvalue weighted by Gasteiger charge is -2.28. The van der Waals surface area contributed by atoms with Crippen LogP contribution < -0.4 is 10.1 Å². The monoisotopic (exact) mass is 237 g/mol. The predicted octanol–water partition coefficient (Wildman–Crippen LogP) is 1.85. The third-order valence-corrected chi connectivity index (χ3v) is 2.77. The largest absolute Gasteiger partial charge is 0.478 e. The number of hydrogen-bond acceptors (Lipinski definition) is 5. The lowest BCUT2D eigenvalue weighted by atomic mass is 10.0. The molecule has 17 heavy (non-hydrogen) atoms. The molecule has 2 heterocycles. The van der Waals surface area contributed by atoms with Gasteiger partial charge in [0, 0.05) is 18.7 Å². The zero-order chi connectivity index (χ0) is 12.1. The summed E-state index contributed by atoms with van der Waals surface area (Å²) in [4.78, 5) is 8.24. The Labute approximate surface area is 102 Å². The normalized spacial score (nSPS) is 24.4. The molecule has 0 bridgehead atoms. The van der Waals surface area contributed by atoms with Crippen molar-refractivity contribution in [2.45, 2.75) is 38.8 Å². The summed E-state index contributed by atoms with van der Waals surface area (Å²) in [5.41, 5.74) is 0. The Morgan fingerprint density at radius 2 is 2.41 bits per heavy atom. The van der Waals surface area contributed by atoms with Crippen molar-refractivity contribution < 1.29 is 9.47 Å². The molecule has 2 rings (SSSR count). The Balaban J connectivity index is 1.95. The van der Waals surface area contributed by atoms with Crippen molar-refractivity contribution in [2.75, 3.05) is 18.5 Å². The summed E-state index contributed by atoms with van der Waals surface area (Å²) in [7, 11) is 0. The highest BCUT2D eigenvalue weighted by Gasteiger charge is 2.19. The van der Waals surface area contributed by atoms with Crippen LogP contribution in [0.25, 0.3) is 0 Å². The minimum Gasteiger partial charge on any atom is -0.478 e. The molecule has 1 aromatic rings. The highest BCUT2D eigenvalue weighted by molar-refractivity contribution is 5.38. The van der Waals surface area contributed by atoms with Crippen molar-refractivity contribution in [3.63, 3.8) is 0 Å². The van der Waals surface area contributed by atoms with Gasteiger partial charge in [0.05, 0.1) is 12.7 Å². The second-order valence-electron chi connectivity index (χ2n) is 4.22. The quantitative estimate of drug-likeness (QED) is 0.866. The van der Waals surface area contributed by atoms with Gasteiger partial charge in [-0.15, -0.1) is 0 Å². The Kier molecular flexibility index (Phi) is 4.14. The summed E-state index contributed by atoms with van der Waals surface area (Å²) in [5, 5.41) is 3.40. The topological polar surface area (TPSA) is 56.3 Å². The molecule has 0 spiro atoms. The maximum Gasteiger partial charge on any atom is 0.218 e. The third kappa shape index (κ3) is 3.56. The van der Waals surface area contributed by atoms with Crippen LogP contribution in [0.2, 0.25) is 0 Å². The maximum absolute atomic E-state index is 5.51. The van der Waals surface area contributed by atoms with E-state index in [4.69, 9.17) is 9.47 Å². The first-order valence-corrected chi connectivity index (χ1v) is 6.11. The van der Waals surface area contributed by atoms with Crippen LogP contribution in [0.4, 0.5) is 5.82 Å². The second-order valence-corrected chi connectivity index (χ2v) is 4.22. The lowest BCUT2D eigenvalue weighted by Crippen LogP contribution is -2.32. The van der Waals surface area contributed by atoms with E-state index in [0.717, 1.165) is 25.3 Å². The van der Waals surface area contributed by atoms with Crippen LogP contribution in [0.1, 0.15) is 26.7 Å². The van der Waals surface area contributed by atoms with Crippen LogP contribution in [0.15, 0.2) is 12.4 Å². The van der Waals surface area contributed by atoms with Crippen LogP contribution in [-0.4, -0.2) is 35.3 Å². The number of ether oxygens (including phenoxy) is 2. The average Bonchev–Trinajstić information content (AvgIpc) is 2.30. The molecule has 0 amide bonds. The molecule has 1 aliphatic heterocycles. The fraction of sp³-hybridized carbons (Fsp3) is 0.667. The van der Waals surface area contributed by atoms with Gasteiger partial charge >= 0.3 is 0 Å². The van der Waals surface area contributed by atoms with Crippen molar-refractivity contribution in [1.29, 1.82) is 0 Å². The van der Waals surface area contributed by atoms with E-state index in [9.17, 15) is 0 Å². The van der Waals surface area contributed by atoms with Crippen LogP contribution in [0.3, 0.4) is 0 Å². The Bertz CT molecular complexity index is 359. The van der Waals surface area contributed by atoms with Gasteiger partial charge in [0.2, 0.25) is 5.88 Å². The predicted molar refractivity (Wildman–Crippen MR) is 65.3 cm³/mol. The first kappa shape index (κ1) is 12.1. The van der Waals surface area contributed by atoms with E-state index in [-0.39, 0.29) is 0 Å². The van der Waals surface area contributed by atoms with E-state index in [2.05, 4.69) is 22.2 Å². The summed E-state index contributed by atoms with van der Waals surface area (Å²) in [6.07, 6.45) is 3.86. The van der Waals surface area contributed by atoms with E-state index in [0.29, 0.717) is 24.6 Å². The van der Waals surface area contributed by atoms with Gasteiger partial charge < -0.3 is 14.8 Å². The molecular formula is C12H19N3O2. The molecule has 1 fully saturated rings. The van der Waals surface area contributed by atoms with Crippen LogP contribution in [-0.2, 0) is 4.74 Å². The van der Waals surface area contributed by atoms with Gasteiger partial charge in [-0.05, 0) is 26.7 Å². The molecule has 0 aliphatic carbocycles. The Morgan fingerprint density at radius 1 is 1.53 bits per heavy atom. The van der Waals surface area contributed by atoms with Crippen molar-refractivity contribution in [3.8, 4) is 5.88 Å². The number of hydrogen-bond donors (Lipinski definition) is 1. The van der Waals surface area contributed by atoms with E-state index >= 15 is 0 Å². The summed E-state index contributed by atoms with van der Waals surface area (Å²) >= 11 is 0. The molecule has 2 unspecified atom stereocenters. The molecule has 2 atom stereocenters. The van der Waals surface area contributed by atoms with E-state index in [1.54, 1.807) is 0 Å². The van der Waals surface area contributed by atoms with Crippen molar-refractivity contribution in [2.24, 2.45) is 0 Å². The molecular weight excluding hydrogens is 218 g/mol. The van der Waals surface area contributed by atoms with Gasteiger partial charge in [0.15, 0.2) is 0 Å². The number of anilines is 1. The van der Waals surface area contributed by atoms with Gasteiger partial charge in [-0.2, -0.15) is 0 Å². The summed E-state index contributed by atoms with van der Waals surface area (Å²) in [6, 6.07) is 2.26. The van der Waals surface area contributed by atoms with Crippen molar-refractivity contribution >= 4 is 5.82 Å². The number of nitrogens with zero attached hydrogens (tertiary/aromatic N) is 2. The lowest BCUT2D eigenvalue weighted by molar-refractivity contribution is 0.0232. The molecule has 5 nitrogen and oxygen atoms in total. The van der Waals surface area contributed by atoms with Gasteiger partial charge in [-0.1, -0.05) is 0 Å².